The van der Waals surface area contributed by atoms with Crippen molar-refractivity contribution in [2.24, 2.45) is 0 Å². The number of amides is 2. The van der Waals surface area contributed by atoms with Crippen molar-refractivity contribution in [3.63, 3.8) is 0 Å². The molecule has 2 amide bonds. The van der Waals surface area contributed by atoms with Crippen molar-refractivity contribution in [1.29, 1.82) is 0 Å². The molecule has 1 aliphatic heterocycles. The molecular weight excluding hydrogens is 285 g/mol. The second kappa shape index (κ2) is 6.17. The average Bonchev–Trinajstić information content (AvgIpc) is 3.17. The normalized spacial score (nSPS) is 14.5. The molecule has 2 heterocycles. The minimum absolute atomic E-state index is 0.0699. The third-order valence-electron chi connectivity index (χ3n) is 3.94. The molecule has 116 valence electrons. The third-order valence-corrected chi connectivity index (χ3v) is 3.94. The second-order valence-electron chi connectivity index (χ2n) is 5.48. The number of H-pyrrole nitrogens is 1. The Labute approximate surface area is 127 Å². The molecule has 1 aromatic heterocycles. The number of carbonyl (C=O) groups is 2. The van der Waals surface area contributed by atoms with Gasteiger partial charge in [0.2, 0.25) is 5.91 Å². The fourth-order valence-electron chi connectivity index (χ4n) is 2.74. The van der Waals surface area contributed by atoms with Gasteiger partial charge in [-0.2, -0.15) is 0 Å². The zero-order valence-corrected chi connectivity index (χ0v) is 12.2. The molecule has 0 bridgehead atoms. The summed E-state index contributed by atoms with van der Waals surface area (Å²) >= 11 is 0. The fraction of sp³-hybridized carbons (Fsp3) is 0.375. The predicted molar refractivity (Wildman–Crippen MR) is 81.0 cm³/mol. The van der Waals surface area contributed by atoms with Gasteiger partial charge in [0.05, 0.1) is 0 Å². The highest BCUT2D eigenvalue weighted by Gasteiger charge is 2.18. The van der Waals surface area contributed by atoms with Crippen molar-refractivity contribution in [2.45, 2.75) is 19.3 Å². The molecule has 3 rings (SSSR count). The first kappa shape index (κ1) is 14.6. The highest BCUT2D eigenvalue weighted by atomic mass is 19.1. The Kier molecular flexibility index (Phi) is 4.09. The summed E-state index contributed by atoms with van der Waals surface area (Å²) in [5.74, 6) is -0.623. The Balaban J connectivity index is 1.56. The molecule has 0 aliphatic carbocycles. The van der Waals surface area contributed by atoms with E-state index in [1.54, 1.807) is 12.1 Å². The summed E-state index contributed by atoms with van der Waals surface area (Å²) < 4.78 is 13.6. The zero-order valence-electron chi connectivity index (χ0n) is 12.2. The number of likely N-dealkylation sites (tertiary alicyclic amines) is 1. The summed E-state index contributed by atoms with van der Waals surface area (Å²) in [5, 5.41) is 3.08. The number of fused-ring (bicyclic) bond motifs is 1. The standard InChI is InChI=1S/C16H18FN3O2/c17-12-4-3-5-13-11(12)10-14(19-13)16(22)18-7-6-15(21)20-8-1-2-9-20/h3-5,10,19H,1-2,6-9H2,(H,18,22). The van der Waals surface area contributed by atoms with Gasteiger partial charge in [-0.3, -0.25) is 9.59 Å². The quantitative estimate of drug-likeness (QED) is 0.908. The van der Waals surface area contributed by atoms with E-state index in [9.17, 15) is 14.0 Å². The van der Waals surface area contributed by atoms with Gasteiger partial charge in [-0.05, 0) is 31.0 Å². The lowest BCUT2D eigenvalue weighted by atomic mass is 10.2. The van der Waals surface area contributed by atoms with E-state index in [-0.39, 0.29) is 24.2 Å². The Morgan fingerprint density at radius 1 is 1.27 bits per heavy atom. The van der Waals surface area contributed by atoms with Crippen LogP contribution in [-0.2, 0) is 4.79 Å². The van der Waals surface area contributed by atoms with Crippen molar-refractivity contribution >= 4 is 22.7 Å². The molecule has 0 unspecified atom stereocenters. The Morgan fingerprint density at radius 2 is 2.05 bits per heavy atom. The Morgan fingerprint density at radius 3 is 2.77 bits per heavy atom. The molecule has 6 heteroatoms. The van der Waals surface area contributed by atoms with Gasteiger partial charge < -0.3 is 15.2 Å². The Bertz CT molecular complexity index is 704. The molecule has 2 aromatic rings. The molecule has 0 spiro atoms. The van der Waals surface area contributed by atoms with Crippen molar-refractivity contribution < 1.29 is 14.0 Å². The molecule has 0 saturated carbocycles. The van der Waals surface area contributed by atoms with Crippen LogP contribution in [0.1, 0.15) is 29.8 Å². The molecule has 1 saturated heterocycles. The van der Waals surface area contributed by atoms with Gasteiger partial charge in [-0.25, -0.2) is 4.39 Å². The van der Waals surface area contributed by atoms with Crippen molar-refractivity contribution in [2.75, 3.05) is 19.6 Å². The van der Waals surface area contributed by atoms with E-state index in [1.165, 1.54) is 12.1 Å². The number of aromatic nitrogens is 1. The van der Waals surface area contributed by atoms with Crippen LogP contribution in [0.4, 0.5) is 4.39 Å². The summed E-state index contributed by atoms with van der Waals surface area (Å²) in [6.07, 6.45) is 2.40. The van der Waals surface area contributed by atoms with Gasteiger partial charge >= 0.3 is 0 Å². The summed E-state index contributed by atoms with van der Waals surface area (Å²) in [6, 6.07) is 6.14. The molecular formula is C16H18FN3O2. The van der Waals surface area contributed by atoms with E-state index in [0.29, 0.717) is 23.0 Å². The van der Waals surface area contributed by atoms with E-state index in [1.807, 2.05) is 4.90 Å². The SMILES string of the molecule is O=C(NCCC(=O)N1CCCC1)c1cc2c(F)cccc2[nH]1. The number of carbonyl (C=O) groups excluding carboxylic acids is 2. The molecule has 5 nitrogen and oxygen atoms in total. The lowest BCUT2D eigenvalue weighted by Crippen LogP contribution is -2.32. The van der Waals surface area contributed by atoms with Crippen LogP contribution in [0.3, 0.4) is 0 Å². The number of rotatable bonds is 4. The number of benzene rings is 1. The first-order chi connectivity index (χ1) is 10.6. The van der Waals surface area contributed by atoms with E-state index in [2.05, 4.69) is 10.3 Å². The average molecular weight is 303 g/mol. The highest BCUT2D eigenvalue weighted by Crippen LogP contribution is 2.18. The highest BCUT2D eigenvalue weighted by molar-refractivity contribution is 5.98. The van der Waals surface area contributed by atoms with Crippen LogP contribution >= 0.6 is 0 Å². The van der Waals surface area contributed by atoms with Gasteiger partial charge in [0.25, 0.3) is 5.91 Å². The van der Waals surface area contributed by atoms with Crippen LogP contribution < -0.4 is 5.32 Å². The molecule has 0 atom stereocenters. The van der Waals surface area contributed by atoms with Gasteiger partial charge in [0.1, 0.15) is 11.5 Å². The molecule has 2 N–H and O–H groups in total. The molecule has 0 radical (unpaired) electrons. The predicted octanol–water partition coefficient (Wildman–Crippen LogP) is 2.05. The van der Waals surface area contributed by atoms with E-state index >= 15 is 0 Å². The topological polar surface area (TPSA) is 65.2 Å². The fourth-order valence-corrected chi connectivity index (χ4v) is 2.74. The Hall–Kier alpha value is -2.37. The van der Waals surface area contributed by atoms with Gasteiger partial charge in [-0.15, -0.1) is 0 Å². The van der Waals surface area contributed by atoms with Gasteiger partial charge in [-0.1, -0.05) is 6.07 Å². The minimum Gasteiger partial charge on any atom is -0.350 e. The first-order valence-corrected chi connectivity index (χ1v) is 7.48. The lowest BCUT2D eigenvalue weighted by Gasteiger charge is -2.14. The molecule has 1 aromatic carbocycles. The van der Waals surface area contributed by atoms with Crippen LogP contribution in [0.5, 0.6) is 0 Å². The summed E-state index contributed by atoms with van der Waals surface area (Å²) in [7, 11) is 0. The minimum atomic E-state index is -0.364. The monoisotopic (exact) mass is 303 g/mol. The van der Waals surface area contributed by atoms with Crippen molar-refractivity contribution in [3.8, 4) is 0 Å². The van der Waals surface area contributed by atoms with E-state index in [4.69, 9.17) is 0 Å². The third kappa shape index (κ3) is 2.95. The maximum absolute atomic E-state index is 13.6. The van der Waals surface area contributed by atoms with Crippen LogP contribution in [0.15, 0.2) is 24.3 Å². The van der Waals surface area contributed by atoms with Crippen molar-refractivity contribution in [3.05, 3.63) is 35.8 Å². The largest absolute Gasteiger partial charge is 0.350 e. The van der Waals surface area contributed by atoms with Crippen LogP contribution in [-0.4, -0.2) is 41.3 Å². The van der Waals surface area contributed by atoms with Gasteiger partial charge in [0, 0.05) is 37.0 Å². The van der Waals surface area contributed by atoms with Crippen LogP contribution in [0.2, 0.25) is 0 Å². The van der Waals surface area contributed by atoms with Crippen molar-refractivity contribution in [1.82, 2.24) is 15.2 Å². The number of hydrogen-bond donors (Lipinski definition) is 2. The number of nitrogens with zero attached hydrogens (tertiary/aromatic N) is 1. The maximum atomic E-state index is 13.6. The first-order valence-electron chi connectivity index (χ1n) is 7.48. The molecule has 1 fully saturated rings. The smallest absolute Gasteiger partial charge is 0.267 e. The number of aromatic amines is 1. The second-order valence-corrected chi connectivity index (χ2v) is 5.48. The lowest BCUT2D eigenvalue weighted by molar-refractivity contribution is -0.129. The van der Waals surface area contributed by atoms with E-state index < -0.39 is 0 Å². The summed E-state index contributed by atoms with van der Waals surface area (Å²) in [5.41, 5.74) is 0.881. The molecule has 1 aliphatic rings. The number of nitrogens with one attached hydrogen (secondary N) is 2. The zero-order chi connectivity index (χ0) is 15.5. The number of halogens is 1. The molecule has 22 heavy (non-hydrogen) atoms. The van der Waals surface area contributed by atoms with E-state index in [0.717, 1.165) is 25.9 Å². The maximum Gasteiger partial charge on any atom is 0.267 e. The van der Waals surface area contributed by atoms with Crippen LogP contribution in [0.25, 0.3) is 10.9 Å². The van der Waals surface area contributed by atoms with Crippen LogP contribution in [0, 0.1) is 5.82 Å². The summed E-state index contributed by atoms with van der Waals surface area (Å²) in [6.45, 7) is 1.91. The van der Waals surface area contributed by atoms with Gasteiger partial charge in [0.15, 0.2) is 0 Å². The number of hydrogen-bond acceptors (Lipinski definition) is 2. The summed E-state index contributed by atoms with van der Waals surface area (Å²) in [4.78, 5) is 28.6.